The van der Waals surface area contributed by atoms with Gasteiger partial charge in [-0.2, -0.15) is 0 Å². The van der Waals surface area contributed by atoms with Crippen molar-refractivity contribution in [1.82, 2.24) is 0 Å². The zero-order chi connectivity index (χ0) is 20.2. The van der Waals surface area contributed by atoms with Crippen LogP contribution in [-0.4, -0.2) is 6.29 Å². The standard InChI is InChI=1S/C10H10.C9H8O.C8H7Br/c1-2-8-3-4-9-5-6-10(9)7-8;10-6-7-1-2-8-3-4-9(8)5-7;9-8-4-3-6-1-2-7(6)5-8/h2-4,7H,1,5-6H2;1-2,5-6H,3-4H2;3-5H,1-2H2. The van der Waals surface area contributed by atoms with E-state index in [0.717, 1.165) is 18.3 Å². The molecule has 3 aliphatic rings. The molecule has 0 saturated heterocycles. The molecule has 0 atom stereocenters. The van der Waals surface area contributed by atoms with Gasteiger partial charge in [0.25, 0.3) is 0 Å². The summed E-state index contributed by atoms with van der Waals surface area (Å²) in [6.45, 7) is 3.73. The predicted octanol–water partition coefficient (Wildman–Crippen LogP) is 6.57. The maximum absolute atomic E-state index is 10.3. The van der Waals surface area contributed by atoms with Crippen molar-refractivity contribution < 1.29 is 4.79 Å². The number of carbonyl (C=O) groups is 1. The predicted molar refractivity (Wildman–Crippen MR) is 125 cm³/mol. The zero-order valence-corrected chi connectivity index (χ0v) is 18.2. The Balaban J connectivity index is 0.000000106. The van der Waals surface area contributed by atoms with Gasteiger partial charge in [0.15, 0.2) is 0 Å². The van der Waals surface area contributed by atoms with E-state index in [4.69, 9.17) is 0 Å². The van der Waals surface area contributed by atoms with Crippen LogP contribution in [0.25, 0.3) is 6.08 Å². The molecule has 0 saturated carbocycles. The van der Waals surface area contributed by atoms with Crippen LogP contribution in [0, 0.1) is 0 Å². The minimum atomic E-state index is 0.804. The van der Waals surface area contributed by atoms with Crippen molar-refractivity contribution in [2.45, 2.75) is 38.5 Å². The number of fused-ring (bicyclic) bond motifs is 3. The van der Waals surface area contributed by atoms with Gasteiger partial charge in [0.1, 0.15) is 6.29 Å². The second-order valence-corrected chi connectivity index (χ2v) is 8.71. The van der Waals surface area contributed by atoms with E-state index in [2.05, 4.69) is 58.9 Å². The van der Waals surface area contributed by atoms with Crippen molar-refractivity contribution in [2.24, 2.45) is 0 Å². The van der Waals surface area contributed by atoms with E-state index in [1.165, 1.54) is 75.5 Å². The number of rotatable bonds is 2. The molecule has 3 aliphatic carbocycles. The van der Waals surface area contributed by atoms with Crippen molar-refractivity contribution in [3.05, 3.63) is 110 Å². The largest absolute Gasteiger partial charge is 0.298 e. The summed E-state index contributed by atoms with van der Waals surface area (Å²) in [4.78, 5) is 10.3. The molecule has 146 valence electrons. The van der Waals surface area contributed by atoms with Gasteiger partial charge >= 0.3 is 0 Å². The summed E-state index contributed by atoms with van der Waals surface area (Å²) in [5, 5.41) is 0. The molecule has 0 unspecified atom stereocenters. The molecule has 0 aromatic heterocycles. The van der Waals surface area contributed by atoms with Gasteiger partial charge in [-0.05, 0) is 95.7 Å². The number of aldehydes is 1. The summed E-state index contributed by atoms with van der Waals surface area (Å²) in [6, 6.07) is 19.0. The van der Waals surface area contributed by atoms with E-state index in [9.17, 15) is 4.79 Å². The molecule has 0 amide bonds. The number of benzene rings is 3. The average molecular weight is 445 g/mol. The van der Waals surface area contributed by atoms with Crippen molar-refractivity contribution >= 4 is 28.3 Å². The highest BCUT2D eigenvalue weighted by molar-refractivity contribution is 9.10. The summed E-state index contributed by atoms with van der Waals surface area (Å²) < 4.78 is 1.21. The van der Waals surface area contributed by atoms with Crippen LogP contribution in [-0.2, 0) is 38.5 Å². The minimum Gasteiger partial charge on any atom is -0.298 e. The third kappa shape index (κ3) is 4.59. The molecule has 29 heavy (non-hydrogen) atoms. The Morgan fingerprint density at radius 1 is 0.621 bits per heavy atom. The summed E-state index contributed by atoms with van der Waals surface area (Å²) in [5.41, 5.74) is 10.9. The first kappa shape index (κ1) is 19.8. The normalized spacial score (nSPS) is 13.8. The second-order valence-electron chi connectivity index (χ2n) is 7.79. The molecule has 3 aromatic rings. The molecular formula is C27H25BrO. The fourth-order valence-electron chi connectivity index (χ4n) is 3.79. The Hall–Kier alpha value is -2.45. The highest BCUT2D eigenvalue weighted by Crippen LogP contribution is 2.26. The van der Waals surface area contributed by atoms with Gasteiger partial charge in [-0.15, -0.1) is 0 Å². The number of hydrogen-bond donors (Lipinski definition) is 0. The first-order chi connectivity index (χ1) is 14.2. The van der Waals surface area contributed by atoms with Crippen LogP contribution in [0.15, 0.2) is 65.6 Å². The molecule has 0 fully saturated rings. The Labute approximate surface area is 181 Å². The van der Waals surface area contributed by atoms with Crippen LogP contribution >= 0.6 is 15.9 Å². The summed E-state index contributed by atoms with van der Waals surface area (Å²) >= 11 is 3.43. The van der Waals surface area contributed by atoms with E-state index in [1.807, 2.05) is 24.3 Å². The lowest BCUT2D eigenvalue weighted by atomic mass is 9.87. The van der Waals surface area contributed by atoms with Crippen molar-refractivity contribution in [1.29, 1.82) is 0 Å². The smallest absolute Gasteiger partial charge is 0.150 e. The Bertz CT molecular complexity index is 1000. The first-order valence-corrected chi connectivity index (χ1v) is 11.0. The van der Waals surface area contributed by atoms with Gasteiger partial charge < -0.3 is 0 Å². The van der Waals surface area contributed by atoms with Crippen LogP contribution in [0.2, 0.25) is 0 Å². The van der Waals surface area contributed by atoms with E-state index in [0.29, 0.717) is 0 Å². The fourth-order valence-corrected chi connectivity index (χ4v) is 4.20. The van der Waals surface area contributed by atoms with Crippen LogP contribution in [0.3, 0.4) is 0 Å². The SMILES string of the molecule is Brc1ccc2c(c1)CC2.C=Cc1ccc2c(c1)CC2.O=Cc1ccc2c(c1)CC2. The van der Waals surface area contributed by atoms with Crippen LogP contribution < -0.4 is 0 Å². The topological polar surface area (TPSA) is 17.1 Å². The third-order valence-corrected chi connectivity index (χ3v) is 6.49. The maximum Gasteiger partial charge on any atom is 0.150 e. The fraction of sp³-hybridized carbons (Fsp3) is 0.222. The van der Waals surface area contributed by atoms with Gasteiger partial charge in [0.2, 0.25) is 0 Å². The summed E-state index contributed by atoms with van der Waals surface area (Å²) in [5.74, 6) is 0. The van der Waals surface area contributed by atoms with Crippen LogP contribution in [0.5, 0.6) is 0 Å². The van der Waals surface area contributed by atoms with E-state index in [1.54, 1.807) is 0 Å². The van der Waals surface area contributed by atoms with E-state index < -0.39 is 0 Å². The molecular weight excluding hydrogens is 420 g/mol. The van der Waals surface area contributed by atoms with Gasteiger partial charge in [-0.25, -0.2) is 0 Å². The lowest BCUT2D eigenvalue weighted by Crippen LogP contribution is -2.07. The minimum absolute atomic E-state index is 0.804. The number of carbonyl (C=O) groups excluding carboxylic acids is 1. The number of halogens is 1. The molecule has 0 bridgehead atoms. The third-order valence-electron chi connectivity index (χ3n) is 5.99. The van der Waals surface area contributed by atoms with Gasteiger partial charge in [0.05, 0.1) is 0 Å². The highest BCUT2D eigenvalue weighted by atomic mass is 79.9. The van der Waals surface area contributed by atoms with Crippen molar-refractivity contribution in [2.75, 3.05) is 0 Å². The van der Waals surface area contributed by atoms with Gasteiger partial charge in [-0.1, -0.05) is 65.0 Å². The molecule has 0 aliphatic heterocycles. The molecule has 0 radical (unpaired) electrons. The van der Waals surface area contributed by atoms with Crippen LogP contribution in [0.1, 0.15) is 49.3 Å². The monoisotopic (exact) mass is 444 g/mol. The molecule has 2 heteroatoms. The Morgan fingerprint density at radius 2 is 1.07 bits per heavy atom. The van der Waals surface area contributed by atoms with E-state index >= 15 is 0 Å². The van der Waals surface area contributed by atoms with E-state index in [-0.39, 0.29) is 0 Å². The molecule has 1 nitrogen and oxygen atoms in total. The van der Waals surface area contributed by atoms with Gasteiger partial charge in [-0.3, -0.25) is 4.79 Å². The van der Waals surface area contributed by atoms with Gasteiger partial charge in [0, 0.05) is 10.0 Å². The van der Waals surface area contributed by atoms with Crippen molar-refractivity contribution in [3.63, 3.8) is 0 Å². The number of aryl methyl sites for hydroxylation is 6. The lowest BCUT2D eigenvalue weighted by molar-refractivity contribution is 0.112. The zero-order valence-electron chi connectivity index (χ0n) is 16.6. The second kappa shape index (κ2) is 8.92. The molecule has 6 rings (SSSR count). The van der Waals surface area contributed by atoms with Crippen molar-refractivity contribution in [3.8, 4) is 0 Å². The Kier molecular flexibility index (Phi) is 6.10. The maximum atomic E-state index is 10.3. The number of hydrogen-bond acceptors (Lipinski definition) is 1. The summed E-state index contributed by atoms with van der Waals surface area (Å²) in [7, 11) is 0. The lowest BCUT2D eigenvalue weighted by Gasteiger charge is -2.18. The molecule has 0 heterocycles. The summed E-state index contributed by atoms with van der Waals surface area (Å²) in [6.07, 6.45) is 10.2. The average Bonchev–Trinajstić information content (AvgIpc) is 2.68. The van der Waals surface area contributed by atoms with Crippen LogP contribution in [0.4, 0.5) is 0 Å². The Morgan fingerprint density at radius 3 is 1.45 bits per heavy atom. The highest BCUT2D eigenvalue weighted by Gasteiger charge is 2.12. The quantitative estimate of drug-likeness (QED) is 0.408. The molecule has 0 spiro atoms. The first-order valence-electron chi connectivity index (χ1n) is 10.2. The molecule has 0 N–H and O–H groups in total. The molecule has 3 aromatic carbocycles.